The minimum Gasteiger partial charge on any atom is -0.305 e. The van der Waals surface area contributed by atoms with Crippen molar-refractivity contribution >= 4 is 40.8 Å². The Balaban J connectivity index is 0.00000243. The summed E-state index contributed by atoms with van der Waals surface area (Å²) in [6.45, 7) is 0.934. The zero-order valence-corrected chi connectivity index (χ0v) is 17.8. The maximum Gasteiger partial charge on any atom is 0.193 e. The zero-order chi connectivity index (χ0) is 17.8. The Kier molecular flexibility index (Phi) is 7.38. The van der Waals surface area contributed by atoms with Gasteiger partial charge in [0.2, 0.25) is 0 Å². The standard InChI is InChI=1S/C22H20INO.ClH/c1-24(2)15-16-3-5-17(6-4-16)18-7-9-19(10-8-18)22(25)20-11-13-21(23)14-12-20;/h3-14H,15H2,1-2H3;1H. The molecule has 0 aromatic heterocycles. The summed E-state index contributed by atoms with van der Waals surface area (Å²) in [5, 5.41) is 0. The highest BCUT2D eigenvalue weighted by Gasteiger charge is 2.09. The first-order valence-electron chi connectivity index (χ1n) is 8.17. The van der Waals surface area contributed by atoms with Gasteiger partial charge in [0.1, 0.15) is 0 Å². The molecule has 0 bridgehead atoms. The maximum absolute atomic E-state index is 12.5. The summed E-state index contributed by atoms with van der Waals surface area (Å²) >= 11 is 2.24. The highest BCUT2D eigenvalue weighted by Crippen LogP contribution is 2.22. The van der Waals surface area contributed by atoms with Crippen molar-refractivity contribution < 1.29 is 4.79 Å². The Morgan fingerprint density at radius 2 is 1.19 bits per heavy atom. The number of carbonyl (C=O) groups excluding carboxylic acids is 1. The van der Waals surface area contributed by atoms with E-state index in [0.29, 0.717) is 5.56 Å². The molecule has 0 spiro atoms. The smallest absolute Gasteiger partial charge is 0.193 e. The number of carbonyl (C=O) groups is 1. The summed E-state index contributed by atoms with van der Waals surface area (Å²) in [4.78, 5) is 14.7. The minimum atomic E-state index is 0. The number of nitrogens with zero attached hydrogens (tertiary/aromatic N) is 1. The van der Waals surface area contributed by atoms with Crippen molar-refractivity contribution in [3.8, 4) is 11.1 Å². The minimum absolute atomic E-state index is 0. The first-order valence-corrected chi connectivity index (χ1v) is 9.25. The van der Waals surface area contributed by atoms with Crippen LogP contribution >= 0.6 is 35.0 Å². The lowest BCUT2D eigenvalue weighted by Gasteiger charge is -2.10. The van der Waals surface area contributed by atoms with Crippen LogP contribution in [0.5, 0.6) is 0 Å². The van der Waals surface area contributed by atoms with E-state index < -0.39 is 0 Å². The molecule has 0 saturated carbocycles. The van der Waals surface area contributed by atoms with Gasteiger partial charge in [-0.05, 0) is 77.6 Å². The lowest BCUT2D eigenvalue weighted by molar-refractivity contribution is 0.103. The molecule has 0 amide bonds. The van der Waals surface area contributed by atoms with E-state index in [4.69, 9.17) is 0 Å². The van der Waals surface area contributed by atoms with Gasteiger partial charge in [-0.2, -0.15) is 0 Å². The molecule has 0 aliphatic rings. The summed E-state index contributed by atoms with van der Waals surface area (Å²) in [6.07, 6.45) is 0. The maximum atomic E-state index is 12.5. The van der Waals surface area contributed by atoms with E-state index in [9.17, 15) is 4.79 Å². The fourth-order valence-electron chi connectivity index (χ4n) is 2.75. The third kappa shape index (κ3) is 5.16. The van der Waals surface area contributed by atoms with E-state index in [0.717, 1.165) is 26.8 Å². The molecule has 0 saturated heterocycles. The summed E-state index contributed by atoms with van der Waals surface area (Å²) in [6, 6.07) is 24.1. The molecular weight excluding hydrogens is 457 g/mol. The highest BCUT2D eigenvalue weighted by molar-refractivity contribution is 14.1. The molecule has 134 valence electrons. The number of hydrogen-bond donors (Lipinski definition) is 0. The van der Waals surface area contributed by atoms with Crippen molar-refractivity contribution in [2.24, 2.45) is 0 Å². The van der Waals surface area contributed by atoms with E-state index in [1.165, 1.54) is 5.56 Å². The van der Waals surface area contributed by atoms with E-state index in [2.05, 4.69) is 65.9 Å². The van der Waals surface area contributed by atoms with Crippen molar-refractivity contribution in [3.63, 3.8) is 0 Å². The molecule has 0 fully saturated rings. The average molecular weight is 478 g/mol. The van der Waals surface area contributed by atoms with Crippen molar-refractivity contribution in [3.05, 3.63) is 93.1 Å². The largest absolute Gasteiger partial charge is 0.305 e. The second-order valence-corrected chi connectivity index (χ2v) is 7.59. The van der Waals surface area contributed by atoms with Crippen molar-refractivity contribution in [2.75, 3.05) is 14.1 Å². The monoisotopic (exact) mass is 477 g/mol. The predicted molar refractivity (Wildman–Crippen MR) is 119 cm³/mol. The molecule has 0 aliphatic heterocycles. The highest BCUT2D eigenvalue weighted by atomic mass is 127. The van der Waals surface area contributed by atoms with Gasteiger partial charge in [0.05, 0.1) is 0 Å². The zero-order valence-electron chi connectivity index (χ0n) is 14.8. The Hall–Kier alpha value is -1.69. The first kappa shape index (κ1) is 20.6. The van der Waals surface area contributed by atoms with E-state index in [1.807, 2.05) is 48.5 Å². The number of ketones is 1. The van der Waals surface area contributed by atoms with Crippen LogP contribution in [0.4, 0.5) is 0 Å². The molecule has 3 rings (SSSR count). The van der Waals surface area contributed by atoms with Crippen molar-refractivity contribution in [1.82, 2.24) is 4.90 Å². The number of halogens is 2. The number of rotatable bonds is 5. The molecule has 0 unspecified atom stereocenters. The van der Waals surface area contributed by atoms with Gasteiger partial charge in [-0.25, -0.2) is 0 Å². The SMILES string of the molecule is CN(C)Cc1ccc(-c2ccc(C(=O)c3ccc(I)cc3)cc2)cc1.Cl. The number of hydrogen-bond acceptors (Lipinski definition) is 2. The summed E-state index contributed by atoms with van der Waals surface area (Å²) in [5.41, 5.74) is 5.01. The van der Waals surface area contributed by atoms with Gasteiger partial charge in [0.25, 0.3) is 0 Å². The number of benzene rings is 3. The molecule has 4 heteroatoms. The fraction of sp³-hybridized carbons (Fsp3) is 0.136. The molecule has 3 aromatic rings. The average Bonchev–Trinajstić information content (AvgIpc) is 2.62. The van der Waals surface area contributed by atoms with Gasteiger partial charge >= 0.3 is 0 Å². The summed E-state index contributed by atoms with van der Waals surface area (Å²) in [5.74, 6) is 0.0595. The Morgan fingerprint density at radius 1 is 0.769 bits per heavy atom. The van der Waals surface area contributed by atoms with Crippen LogP contribution < -0.4 is 0 Å². The van der Waals surface area contributed by atoms with Crippen LogP contribution in [-0.4, -0.2) is 24.8 Å². The molecular formula is C22H21ClINO. The van der Waals surface area contributed by atoms with Crippen LogP contribution in [-0.2, 0) is 6.54 Å². The van der Waals surface area contributed by atoms with Crippen LogP contribution in [0.15, 0.2) is 72.8 Å². The molecule has 26 heavy (non-hydrogen) atoms. The molecule has 0 radical (unpaired) electrons. The van der Waals surface area contributed by atoms with Gasteiger partial charge in [-0.15, -0.1) is 12.4 Å². The Morgan fingerprint density at radius 3 is 1.65 bits per heavy atom. The Labute approximate surface area is 174 Å². The second kappa shape index (κ2) is 9.31. The van der Waals surface area contributed by atoms with Crippen molar-refractivity contribution in [1.29, 1.82) is 0 Å². The quantitative estimate of drug-likeness (QED) is 0.348. The molecule has 3 aromatic carbocycles. The summed E-state index contributed by atoms with van der Waals surface area (Å²) < 4.78 is 1.13. The molecule has 0 atom stereocenters. The van der Waals surface area contributed by atoms with Gasteiger partial charge < -0.3 is 4.90 Å². The fourth-order valence-corrected chi connectivity index (χ4v) is 3.11. The normalized spacial score (nSPS) is 10.5. The molecule has 2 nitrogen and oxygen atoms in total. The Bertz CT molecular complexity index is 856. The summed E-state index contributed by atoms with van der Waals surface area (Å²) in [7, 11) is 4.13. The third-order valence-corrected chi connectivity index (χ3v) is 4.76. The second-order valence-electron chi connectivity index (χ2n) is 6.35. The van der Waals surface area contributed by atoms with Crippen LogP contribution in [0.2, 0.25) is 0 Å². The van der Waals surface area contributed by atoms with Gasteiger partial charge in [0, 0.05) is 21.2 Å². The first-order chi connectivity index (χ1) is 12.0. The molecule has 0 heterocycles. The van der Waals surface area contributed by atoms with Crippen LogP contribution in [0.25, 0.3) is 11.1 Å². The van der Waals surface area contributed by atoms with E-state index in [-0.39, 0.29) is 18.2 Å². The lowest BCUT2D eigenvalue weighted by Crippen LogP contribution is -2.10. The van der Waals surface area contributed by atoms with Gasteiger partial charge in [0.15, 0.2) is 5.78 Å². The van der Waals surface area contributed by atoms with Crippen LogP contribution in [0.1, 0.15) is 21.5 Å². The van der Waals surface area contributed by atoms with Gasteiger partial charge in [-0.3, -0.25) is 4.79 Å². The topological polar surface area (TPSA) is 20.3 Å². The van der Waals surface area contributed by atoms with Crippen LogP contribution in [0.3, 0.4) is 0 Å². The van der Waals surface area contributed by atoms with Gasteiger partial charge in [-0.1, -0.05) is 48.5 Å². The van der Waals surface area contributed by atoms with E-state index in [1.54, 1.807) is 0 Å². The lowest BCUT2D eigenvalue weighted by atomic mass is 9.99. The third-order valence-electron chi connectivity index (χ3n) is 4.04. The van der Waals surface area contributed by atoms with E-state index >= 15 is 0 Å². The van der Waals surface area contributed by atoms with Crippen molar-refractivity contribution in [2.45, 2.75) is 6.54 Å². The molecule has 0 N–H and O–H groups in total. The molecule has 0 aliphatic carbocycles. The predicted octanol–water partition coefficient (Wildman–Crippen LogP) is 5.67. The van der Waals surface area contributed by atoms with Crippen LogP contribution in [0, 0.1) is 3.57 Å².